The predicted octanol–water partition coefficient (Wildman–Crippen LogP) is 6.67. The maximum atomic E-state index is 12.9. The Kier molecular flexibility index (Phi) is 11.6. The van der Waals surface area contributed by atoms with Gasteiger partial charge < -0.3 is 19.4 Å². The third-order valence-corrected chi connectivity index (χ3v) is 7.13. The van der Waals surface area contributed by atoms with E-state index < -0.39 is 0 Å². The molecule has 0 aliphatic carbocycles. The van der Waals surface area contributed by atoms with E-state index in [9.17, 15) is 4.79 Å². The molecular weight excluding hydrogens is 500 g/mol. The number of H-pyrrole nitrogens is 1. The molecule has 0 bridgehead atoms. The van der Waals surface area contributed by atoms with Gasteiger partial charge in [-0.05, 0) is 80.6 Å². The molecule has 7 nitrogen and oxygen atoms in total. The molecule has 1 aliphatic rings. The molecule has 0 radical (unpaired) electrons. The van der Waals surface area contributed by atoms with Crippen molar-refractivity contribution in [1.29, 1.82) is 0 Å². The summed E-state index contributed by atoms with van der Waals surface area (Å²) in [7, 11) is 3.34. The van der Waals surface area contributed by atoms with E-state index in [4.69, 9.17) is 9.47 Å². The summed E-state index contributed by atoms with van der Waals surface area (Å²) in [6.45, 7) is 14.5. The SMILES string of the molecule is C/C=C/c1ncc(CN2CCc3cc(OC)c(OC)cc3C2c2ccc(C(=O)N(CC)CC)cc2)[nH]1.C=CCC. The number of methoxy groups -OCH3 is 2. The molecule has 1 unspecified atom stereocenters. The van der Waals surface area contributed by atoms with Gasteiger partial charge in [-0.25, -0.2) is 4.98 Å². The average Bonchev–Trinajstić information content (AvgIpc) is 3.44. The standard InChI is InChI=1S/C29H36N4O3.C4H8/c1-6-9-27-30-18-23(31-27)19-33-15-14-22-16-25(35-4)26(36-5)17-24(22)28(33)20-10-12-21(13-11-20)29(34)32(7-2)8-3;1-3-4-2/h6,9-13,16-18,28H,7-8,14-15,19H2,1-5H3,(H,30,31);3H,1,4H2,2H3/b9-6+;. The lowest BCUT2D eigenvalue weighted by atomic mass is 9.87. The van der Waals surface area contributed by atoms with Crippen LogP contribution in [0.15, 0.2) is 61.3 Å². The van der Waals surface area contributed by atoms with Crippen molar-refractivity contribution in [3.05, 3.63) is 95.1 Å². The van der Waals surface area contributed by atoms with Crippen molar-refractivity contribution in [2.45, 2.75) is 53.1 Å². The van der Waals surface area contributed by atoms with Crippen LogP contribution in [0.4, 0.5) is 0 Å². The van der Waals surface area contributed by atoms with Gasteiger partial charge in [-0.15, -0.1) is 6.58 Å². The Morgan fingerprint density at radius 3 is 2.35 bits per heavy atom. The van der Waals surface area contributed by atoms with Crippen LogP contribution in [0.5, 0.6) is 11.5 Å². The first kappa shape index (κ1) is 30.7. The smallest absolute Gasteiger partial charge is 0.253 e. The molecule has 7 heteroatoms. The summed E-state index contributed by atoms with van der Waals surface area (Å²) in [6.07, 6.45) is 9.71. The summed E-state index contributed by atoms with van der Waals surface area (Å²) in [4.78, 5) is 25.1. The molecule has 0 saturated carbocycles. The number of carbonyl (C=O) groups is 1. The number of aromatic nitrogens is 2. The summed E-state index contributed by atoms with van der Waals surface area (Å²) in [6, 6.07) is 12.2. The number of amides is 1. The van der Waals surface area contributed by atoms with Crippen LogP contribution in [-0.4, -0.2) is 59.5 Å². The molecule has 4 rings (SSSR count). The molecule has 1 amide bonds. The highest BCUT2D eigenvalue weighted by atomic mass is 16.5. The highest BCUT2D eigenvalue weighted by molar-refractivity contribution is 5.94. The molecule has 1 aromatic heterocycles. The number of nitrogens with one attached hydrogen (secondary N) is 1. The zero-order valence-electron chi connectivity index (χ0n) is 24.9. The molecule has 1 N–H and O–H groups in total. The van der Waals surface area contributed by atoms with E-state index >= 15 is 0 Å². The second-order valence-electron chi connectivity index (χ2n) is 9.62. The lowest BCUT2D eigenvalue weighted by molar-refractivity contribution is 0.0773. The fourth-order valence-corrected chi connectivity index (χ4v) is 4.98. The molecule has 40 heavy (non-hydrogen) atoms. The van der Waals surface area contributed by atoms with Crippen molar-refractivity contribution < 1.29 is 14.3 Å². The topological polar surface area (TPSA) is 70.7 Å². The van der Waals surface area contributed by atoms with Crippen molar-refractivity contribution in [3.8, 4) is 11.5 Å². The minimum atomic E-state index is -0.000344. The molecule has 0 saturated heterocycles. The maximum Gasteiger partial charge on any atom is 0.253 e. The zero-order valence-corrected chi connectivity index (χ0v) is 24.9. The summed E-state index contributed by atoms with van der Waals surface area (Å²) < 4.78 is 11.2. The van der Waals surface area contributed by atoms with E-state index in [1.165, 1.54) is 11.1 Å². The Balaban J connectivity index is 0.00000103. The van der Waals surface area contributed by atoms with Crippen LogP contribution in [0.1, 0.15) is 78.7 Å². The normalized spacial score (nSPS) is 14.7. The summed E-state index contributed by atoms with van der Waals surface area (Å²) in [5.41, 5.74) is 5.34. The predicted molar refractivity (Wildman–Crippen MR) is 163 cm³/mol. The first-order chi connectivity index (χ1) is 19.4. The van der Waals surface area contributed by atoms with Gasteiger partial charge in [-0.3, -0.25) is 9.69 Å². The highest BCUT2D eigenvalue weighted by Crippen LogP contribution is 2.41. The molecule has 214 valence electrons. The van der Waals surface area contributed by atoms with Crippen molar-refractivity contribution in [2.24, 2.45) is 0 Å². The van der Waals surface area contributed by atoms with Gasteiger partial charge in [-0.1, -0.05) is 31.2 Å². The lowest BCUT2D eigenvalue weighted by Crippen LogP contribution is -2.36. The van der Waals surface area contributed by atoms with E-state index in [0.717, 1.165) is 48.8 Å². The van der Waals surface area contributed by atoms with Gasteiger partial charge in [0.1, 0.15) is 5.82 Å². The van der Waals surface area contributed by atoms with Crippen LogP contribution >= 0.6 is 0 Å². The molecule has 0 fully saturated rings. The van der Waals surface area contributed by atoms with Crippen molar-refractivity contribution in [1.82, 2.24) is 19.8 Å². The highest BCUT2D eigenvalue weighted by Gasteiger charge is 2.31. The molecule has 3 aromatic rings. The minimum Gasteiger partial charge on any atom is -0.493 e. The van der Waals surface area contributed by atoms with Crippen LogP contribution in [0.2, 0.25) is 0 Å². The van der Waals surface area contributed by atoms with Gasteiger partial charge in [0.05, 0.1) is 20.3 Å². The molecule has 1 atom stereocenters. The van der Waals surface area contributed by atoms with E-state index in [-0.39, 0.29) is 11.9 Å². The number of aromatic amines is 1. The Labute approximate surface area is 239 Å². The maximum absolute atomic E-state index is 12.9. The van der Waals surface area contributed by atoms with E-state index in [1.807, 2.05) is 62.2 Å². The fourth-order valence-electron chi connectivity index (χ4n) is 4.98. The average molecular weight is 545 g/mol. The number of imidazole rings is 1. The second-order valence-corrected chi connectivity index (χ2v) is 9.62. The number of allylic oxidation sites excluding steroid dienone is 2. The lowest BCUT2D eigenvalue weighted by Gasteiger charge is -2.38. The molecule has 1 aliphatic heterocycles. The number of nitrogens with zero attached hydrogens (tertiary/aromatic N) is 3. The number of fused-ring (bicyclic) bond motifs is 1. The van der Waals surface area contributed by atoms with Crippen molar-refractivity contribution >= 4 is 12.0 Å². The molecule has 0 spiro atoms. The third kappa shape index (κ3) is 7.21. The number of carbonyl (C=O) groups excluding carboxylic acids is 1. The number of rotatable bonds is 10. The van der Waals surface area contributed by atoms with Gasteiger partial charge in [0.25, 0.3) is 5.91 Å². The van der Waals surface area contributed by atoms with Crippen LogP contribution < -0.4 is 9.47 Å². The van der Waals surface area contributed by atoms with Crippen molar-refractivity contribution in [3.63, 3.8) is 0 Å². The van der Waals surface area contributed by atoms with Gasteiger partial charge in [0.15, 0.2) is 11.5 Å². The first-order valence-corrected chi connectivity index (χ1v) is 14.1. The van der Waals surface area contributed by atoms with Gasteiger partial charge in [0.2, 0.25) is 0 Å². The summed E-state index contributed by atoms with van der Waals surface area (Å²) >= 11 is 0. The monoisotopic (exact) mass is 544 g/mol. The van der Waals surface area contributed by atoms with Crippen LogP contribution in [-0.2, 0) is 13.0 Å². The largest absolute Gasteiger partial charge is 0.493 e. The molecule has 2 aromatic carbocycles. The molecule has 2 heterocycles. The second kappa shape index (κ2) is 15.1. The minimum absolute atomic E-state index is 0.000344. The van der Waals surface area contributed by atoms with E-state index in [0.29, 0.717) is 24.4 Å². The number of ether oxygens (including phenoxy) is 2. The van der Waals surface area contributed by atoms with Gasteiger partial charge in [0, 0.05) is 43.6 Å². The Morgan fingerprint density at radius 2 is 1.77 bits per heavy atom. The van der Waals surface area contributed by atoms with Crippen LogP contribution in [0, 0.1) is 0 Å². The quantitative estimate of drug-likeness (QED) is 0.289. The number of benzene rings is 2. The summed E-state index contributed by atoms with van der Waals surface area (Å²) in [5, 5.41) is 0. The number of hydrogen-bond donors (Lipinski definition) is 1. The Hall–Kier alpha value is -3.84. The van der Waals surface area contributed by atoms with E-state index in [1.54, 1.807) is 14.2 Å². The Bertz CT molecular complexity index is 1280. The van der Waals surface area contributed by atoms with Crippen molar-refractivity contribution in [2.75, 3.05) is 33.9 Å². The van der Waals surface area contributed by atoms with Gasteiger partial charge in [-0.2, -0.15) is 0 Å². The van der Waals surface area contributed by atoms with Crippen LogP contribution in [0.3, 0.4) is 0 Å². The first-order valence-electron chi connectivity index (χ1n) is 14.1. The van der Waals surface area contributed by atoms with Crippen LogP contribution in [0.25, 0.3) is 6.08 Å². The van der Waals surface area contributed by atoms with E-state index in [2.05, 4.69) is 52.6 Å². The fraction of sp³-hybridized carbons (Fsp3) is 0.394. The number of hydrogen-bond acceptors (Lipinski definition) is 5. The van der Waals surface area contributed by atoms with Gasteiger partial charge >= 0.3 is 0 Å². The third-order valence-electron chi connectivity index (χ3n) is 7.13. The zero-order chi connectivity index (χ0) is 29.1. The summed E-state index contributed by atoms with van der Waals surface area (Å²) in [5.74, 6) is 2.38. The molecular formula is C33H44N4O3. The Morgan fingerprint density at radius 1 is 1.12 bits per heavy atom.